The first-order valence-electron chi connectivity index (χ1n) is 11.5. The Hall–Kier alpha value is -2.62. The summed E-state index contributed by atoms with van der Waals surface area (Å²) in [6.45, 7) is 5.13. The van der Waals surface area contributed by atoms with Crippen LogP contribution >= 0.6 is 0 Å². The van der Waals surface area contributed by atoms with Crippen LogP contribution in [0.2, 0.25) is 0 Å². The molecule has 2 aromatic carbocycles. The Kier molecular flexibility index (Phi) is 6.03. The van der Waals surface area contributed by atoms with E-state index >= 15 is 0 Å². The molecule has 0 spiro atoms. The standard InChI is InChI=1S/C24H29N3O5S/c1-18-15-19-5-2-3-6-21(19)27(18)24(28)17-25-9-11-26(12-10-25)33(29,30)20-7-8-22-23(16-20)32-14-4-13-31-22/h2-3,5-8,16,18H,4,9-15,17H2,1H3/t18-/m0/s1. The lowest BCUT2D eigenvalue weighted by atomic mass is 10.1. The summed E-state index contributed by atoms with van der Waals surface area (Å²) < 4.78 is 39.2. The van der Waals surface area contributed by atoms with E-state index in [0.29, 0.717) is 50.9 Å². The number of piperazine rings is 1. The summed E-state index contributed by atoms with van der Waals surface area (Å²) in [5, 5.41) is 0. The van der Waals surface area contributed by atoms with E-state index in [-0.39, 0.29) is 23.4 Å². The van der Waals surface area contributed by atoms with Gasteiger partial charge in [0.25, 0.3) is 0 Å². The Balaban J connectivity index is 1.22. The van der Waals surface area contributed by atoms with Gasteiger partial charge in [-0.3, -0.25) is 9.69 Å². The molecule has 0 aromatic heterocycles. The molecule has 0 aliphatic carbocycles. The fourth-order valence-corrected chi connectivity index (χ4v) is 6.23. The first kappa shape index (κ1) is 22.2. The molecular weight excluding hydrogens is 442 g/mol. The molecule has 5 rings (SSSR count). The Morgan fingerprint density at radius 1 is 1.00 bits per heavy atom. The lowest BCUT2D eigenvalue weighted by molar-refractivity contribution is -0.120. The van der Waals surface area contributed by atoms with Crippen LogP contribution < -0.4 is 14.4 Å². The molecular formula is C24H29N3O5S. The monoisotopic (exact) mass is 471 g/mol. The lowest BCUT2D eigenvalue weighted by Gasteiger charge is -2.35. The molecule has 0 bridgehead atoms. The molecule has 0 radical (unpaired) electrons. The van der Waals surface area contributed by atoms with Gasteiger partial charge in [-0.15, -0.1) is 0 Å². The minimum atomic E-state index is -3.65. The van der Waals surface area contributed by atoms with Crippen LogP contribution in [0.5, 0.6) is 11.5 Å². The fraction of sp³-hybridized carbons (Fsp3) is 0.458. The average molecular weight is 472 g/mol. The third-order valence-corrected chi connectivity index (χ3v) is 8.42. The number of fused-ring (bicyclic) bond motifs is 2. The number of para-hydroxylation sites is 1. The number of nitrogens with zero attached hydrogens (tertiary/aromatic N) is 3. The van der Waals surface area contributed by atoms with Crippen molar-refractivity contribution in [2.45, 2.75) is 30.7 Å². The van der Waals surface area contributed by atoms with Crippen LogP contribution in [0.25, 0.3) is 0 Å². The SMILES string of the molecule is C[C@H]1Cc2ccccc2N1C(=O)CN1CCN(S(=O)(=O)c2ccc3c(c2)OCCCO3)CC1. The molecule has 1 saturated heterocycles. The number of anilines is 1. The maximum absolute atomic E-state index is 13.2. The second-order valence-corrected chi connectivity index (χ2v) is 10.7. The smallest absolute Gasteiger partial charge is 0.243 e. The summed E-state index contributed by atoms with van der Waals surface area (Å²) in [5.41, 5.74) is 2.19. The first-order valence-corrected chi connectivity index (χ1v) is 12.9. The number of hydrogen-bond donors (Lipinski definition) is 0. The predicted octanol–water partition coefficient (Wildman–Crippen LogP) is 2.13. The van der Waals surface area contributed by atoms with Gasteiger partial charge in [-0.05, 0) is 37.1 Å². The molecule has 3 heterocycles. The van der Waals surface area contributed by atoms with Crippen LogP contribution in [-0.4, -0.2) is 75.5 Å². The van der Waals surface area contributed by atoms with Crippen LogP contribution in [0, 0.1) is 0 Å². The lowest BCUT2D eigenvalue weighted by Crippen LogP contribution is -2.52. The predicted molar refractivity (Wildman–Crippen MR) is 124 cm³/mol. The number of hydrogen-bond acceptors (Lipinski definition) is 6. The van der Waals surface area contributed by atoms with E-state index in [1.807, 2.05) is 28.0 Å². The molecule has 1 amide bonds. The molecule has 3 aliphatic heterocycles. The highest BCUT2D eigenvalue weighted by Crippen LogP contribution is 2.34. The second-order valence-electron chi connectivity index (χ2n) is 8.78. The Labute approximate surface area is 194 Å². The van der Waals surface area contributed by atoms with Gasteiger partial charge in [0, 0.05) is 50.4 Å². The molecule has 2 aromatic rings. The van der Waals surface area contributed by atoms with E-state index in [9.17, 15) is 13.2 Å². The summed E-state index contributed by atoms with van der Waals surface area (Å²) in [7, 11) is -3.65. The summed E-state index contributed by atoms with van der Waals surface area (Å²) in [6, 6.07) is 13.0. The number of ether oxygens (including phenoxy) is 2. The number of sulfonamides is 1. The van der Waals surface area contributed by atoms with Gasteiger partial charge < -0.3 is 14.4 Å². The topological polar surface area (TPSA) is 79.4 Å². The number of rotatable bonds is 4. The maximum atomic E-state index is 13.2. The minimum Gasteiger partial charge on any atom is -0.490 e. The zero-order valence-electron chi connectivity index (χ0n) is 18.8. The van der Waals surface area contributed by atoms with Gasteiger partial charge in [-0.25, -0.2) is 8.42 Å². The van der Waals surface area contributed by atoms with Crippen molar-refractivity contribution in [1.82, 2.24) is 9.21 Å². The zero-order chi connectivity index (χ0) is 23.0. The van der Waals surface area contributed by atoms with Crippen molar-refractivity contribution in [3.05, 3.63) is 48.0 Å². The highest BCUT2D eigenvalue weighted by molar-refractivity contribution is 7.89. The van der Waals surface area contributed by atoms with E-state index in [0.717, 1.165) is 18.5 Å². The molecule has 8 nitrogen and oxygen atoms in total. The van der Waals surface area contributed by atoms with E-state index in [4.69, 9.17) is 9.47 Å². The molecule has 1 fully saturated rings. The van der Waals surface area contributed by atoms with E-state index < -0.39 is 10.0 Å². The highest BCUT2D eigenvalue weighted by Gasteiger charge is 2.34. The average Bonchev–Trinajstić information content (AvgIpc) is 2.98. The first-order chi connectivity index (χ1) is 15.9. The summed E-state index contributed by atoms with van der Waals surface area (Å²) in [5.74, 6) is 1.11. The third kappa shape index (κ3) is 4.32. The van der Waals surface area contributed by atoms with Crippen LogP contribution in [0.3, 0.4) is 0 Å². The van der Waals surface area contributed by atoms with Crippen molar-refractivity contribution >= 4 is 21.6 Å². The van der Waals surface area contributed by atoms with Crippen molar-refractivity contribution in [2.75, 3.05) is 50.8 Å². The van der Waals surface area contributed by atoms with E-state index in [1.54, 1.807) is 18.2 Å². The van der Waals surface area contributed by atoms with Crippen molar-refractivity contribution in [1.29, 1.82) is 0 Å². The van der Waals surface area contributed by atoms with Crippen molar-refractivity contribution in [2.24, 2.45) is 0 Å². The fourth-order valence-electron chi connectivity index (χ4n) is 4.79. The molecule has 176 valence electrons. The molecule has 0 saturated carbocycles. The van der Waals surface area contributed by atoms with Crippen LogP contribution in [0.1, 0.15) is 18.9 Å². The summed E-state index contributed by atoms with van der Waals surface area (Å²) in [6.07, 6.45) is 1.63. The highest BCUT2D eigenvalue weighted by atomic mass is 32.2. The van der Waals surface area contributed by atoms with Gasteiger partial charge >= 0.3 is 0 Å². The molecule has 9 heteroatoms. The van der Waals surface area contributed by atoms with Gasteiger partial charge in [0.2, 0.25) is 15.9 Å². The Bertz CT molecular complexity index is 1140. The largest absolute Gasteiger partial charge is 0.490 e. The van der Waals surface area contributed by atoms with Gasteiger partial charge in [-0.1, -0.05) is 18.2 Å². The van der Waals surface area contributed by atoms with Crippen LogP contribution in [0.4, 0.5) is 5.69 Å². The number of carbonyl (C=O) groups excluding carboxylic acids is 1. The number of benzene rings is 2. The van der Waals surface area contributed by atoms with E-state index in [2.05, 4.69) is 13.0 Å². The molecule has 33 heavy (non-hydrogen) atoms. The normalized spacial score (nSPS) is 21.5. The number of amides is 1. The van der Waals surface area contributed by atoms with E-state index in [1.165, 1.54) is 9.87 Å². The Morgan fingerprint density at radius 2 is 1.73 bits per heavy atom. The molecule has 0 N–H and O–H groups in total. The quantitative estimate of drug-likeness (QED) is 0.680. The van der Waals surface area contributed by atoms with Crippen molar-refractivity contribution in [3.8, 4) is 11.5 Å². The summed E-state index contributed by atoms with van der Waals surface area (Å²) in [4.78, 5) is 17.2. The maximum Gasteiger partial charge on any atom is 0.243 e. The molecule has 3 aliphatic rings. The third-order valence-electron chi connectivity index (χ3n) is 6.52. The van der Waals surface area contributed by atoms with Gasteiger partial charge in [0.05, 0.1) is 24.7 Å². The molecule has 1 atom stereocenters. The second kappa shape index (κ2) is 8.96. The van der Waals surface area contributed by atoms with Crippen LogP contribution in [0.15, 0.2) is 47.4 Å². The van der Waals surface area contributed by atoms with Gasteiger partial charge in [-0.2, -0.15) is 4.31 Å². The van der Waals surface area contributed by atoms with Gasteiger partial charge in [0.15, 0.2) is 11.5 Å². The minimum absolute atomic E-state index is 0.0617. The zero-order valence-corrected chi connectivity index (χ0v) is 19.6. The Morgan fingerprint density at radius 3 is 2.52 bits per heavy atom. The van der Waals surface area contributed by atoms with Crippen molar-refractivity contribution in [3.63, 3.8) is 0 Å². The van der Waals surface area contributed by atoms with Gasteiger partial charge in [0.1, 0.15) is 0 Å². The van der Waals surface area contributed by atoms with Crippen molar-refractivity contribution < 1.29 is 22.7 Å². The number of carbonyl (C=O) groups is 1. The molecule has 0 unspecified atom stereocenters. The summed E-state index contributed by atoms with van der Waals surface area (Å²) >= 11 is 0. The van der Waals surface area contributed by atoms with Crippen LogP contribution in [-0.2, 0) is 21.2 Å².